The summed E-state index contributed by atoms with van der Waals surface area (Å²) in [6, 6.07) is 9.19. The quantitative estimate of drug-likeness (QED) is 0.772. The van der Waals surface area contributed by atoms with Crippen molar-refractivity contribution in [3.8, 4) is 0 Å². The zero-order valence-corrected chi connectivity index (χ0v) is 16.6. The molecule has 1 N–H and O–H groups in total. The van der Waals surface area contributed by atoms with Crippen molar-refractivity contribution >= 4 is 6.03 Å². The Balaban J connectivity index is 1.63. The number of nitrogens with zero attached hydrogens (tertiary/aromatic N) is 2. The zero-order valence-electron chi connectivity index (χ0n) is 16.6. The number of piperidine rings is 2. The van der Waals surface area contributed by atoms with Crippen molar-refractivity contribution in [2.45, 2.75) is 70.4 Å². The van der Waals surface area contributed by atoms with E-state index in [2.05, 4.69) is 49.9 Å². The number of benzene rings is 1. The Bertz CT molecular complexity index is 717. The number of hydrogen-bond donors (Lipinski definition) is 1. The lowest BCUT2D eigenvalue weighted by atomic mass is 9.51. The van der Waals surface area contributed by atoms with E-state index < -0.39 is 5.60 Å². The average Bonchev–Trinajstić information content (AvgIpc) is 2.58. The minimum Gasteiger partial charge on any atom is -0.390 e. The van der Waals surface area contributed by atoms with Gasteiger partial charge in [-0.15, -0.1) is 0 Å². The zero-order chi connectivity index (χ0) is 18.7. The van der Waals surface area contributed by atoms with Gasteiger partial charge in [0.05, 0.1) is 5.60 Å². The summed E-state index contributed by atoms with van der Waals surface area (Å²) < 4.78 is 0. The number of aliphatic hydroxyl groups is 1. The molecule has 2 atom stereocenters. The maximum atomic E-state index is 13.3. The molecule has 0 spiro atoms. The monoisotopic (exact) mass is 356 g/mol. The summed E-state index contributed by atoms with van der Waals surface area (Å²) in [5, 5.41) is 10.2. The molecule has 2 amide bonds. The predicted octanol–water partition coefficient (Wildman–Crippen LogP) is 3.57. The third-order valence-corrected chi connectivity index (χ3v) is 7.87. The van der Waals surface area contributed by atoms with Crippen LogP contribution in [0, 0.1) is 5.41 Å². The molecule has 4 rings (SSSR count). The molecule has 1 aromatic rings. The standard InChI is InChI=1S/C22H32N2O2/c1-20(2)18-15-16-7-5-6-8-17(16)22(20,4)11-14-24(18)19(25)23-12-9-21(3,26)10-13-23/h5-8,18,26H,9-15H2,1-4H3/t18-,22+/m1/s1. The van der Waals surface area contributed by atoms with Gasteiger partial charge in [0.25, 0.3) is 0 Å². The summed E-state index contributed by atoms with van der Waals surface area (Å²) >= 11 is 0. The molecular formula is C22H32N2O2. The van der Waals surface area contributed by atoms with Gasteiger partial charge in [-0.05, 0) is 49.1 Å². The number of carbonyl (C=O) groups is 1. The van der Waals surface area contributed by atoms with Crippen molar-refractivity contribution in [3.05, 3.63) is 35.4 Å². The fraction of sp³-hybridized carbons (Fsp3) is 0.682. The van der Waals surface area contributed by atoms with Gasteiger partial charge in [0.2, 0.25) is 0 Å². The molecule has 142 valence electrons. The van der Waals surface area contributed by atoms with Crippen LogP contribution in [-0.2, 0) is 11.8 Å². The van der Waals surface area contributed by atoms with E-state index in [1.165, 1.54) is 11.1 Å². The van der Waals surface area contributed by atoms with Crippen molar-refractivity contribution in [1.29, 1.82) is 0 Å². The molecule has 2 heterocycles. The van der Waals surface area contributed by atoms with Crippen LogP contribution >= 0.6 is 0 Å². The molecule has 2 aliphatic heterocycles. The van der Waals surface area contributed by atoms with Crippen LogP contribution in [0.4, 0.5) is 4.79 Å². The summed E-state index contributed by atoms with van der Waals surface area (Å²) in [6.45, 7) is 11.1. The van der Waals surface area contributed by atoms with Crippen LogP contribution in [0.5, 0.6) is 0 Å². The van der Waals surface area contributed by atoms with E-state index in [-0.39, 0.29) is 22.9 Å². The SMILES string of the molecule is CC1(O)CCN(C(=O)N2CC[C@@]3(C)c4ccccc4C[C@@H]2C3(C)C)CC1. The van der Waals surface area contributed by atoms with Crippen LogP contribution in [0.25, 0.3) is 0 Å². The smallest absolute Gasteiger partial charge is 0.320 e. The van der Waals surface area contributed by atoms with Gasteiger partial charge in [-0.3, -0.25) is 0 Å². The third kappa shape index (κ3) is 2.49. The second kappa shape index (κ2) is 5.72. The van der Waals surface area contributed by atoms with E-state index >= 15 is 0 Å². The molecule has 4 nitrogen and oxygen atoms in total. The molecule has 0 radical (unpaired) electrons. The van der Waals surface area contributed by atoms with E-state index in [0.717, 1.165) is 19.4 Å². The Hall–Kier alpha value is -1.55. The normalized spacial score (nSPS) is 32.1. The maximum absolute atomic E-state index is 13.3. The van der Waals surface area contributed by atoms with E-state index in [1.807, 2.05) is 11.8 Å². The predicted molar refractivity (Wildman–Crippen MR) is 103 cm³/mol. The first kappa shape index (κ1) is 17.8. The Morgan fingerprint density at radius 3 is 2.38 bits per heavy atom. The Morgan fingerprint density at radius 2 is 1.69 bits per heavy atom. The van der Waals surface area contributed by atoms with Gasteiger partial charge in [-0.2, -0.15) is 0 Å². The molecule has 3 aliphatic rings. The van der Waals surface area contributed by atoms with E-state index in [0.29, 0.717) is 25.9 Å². The number of amides is 2. The first-order valence-electron chi connectivity index (χ1n) is 10.0. The fourth-order valence-electron chi connectivity index (χ4n) is 5.46. The van der Waals surface area contributed by atoms with Gasteiger partial charge in [0.1, 0.15) is 0 Å². The van der Waals surface area contributed by atoms with Crippen molar-refractivity contribution < 1.29 is 9.90 Å². The molecule has 26 heavy (non-hydrogen) atoms. The summed E-state index contributed by atoms with van der Waals surface area (Å²) in [7, 11) is 0. The first-order valence-corrected chi connectivity index (χ1v) is 10.0. The second-order valence-electron chi connectivity index (χ2n) is 9.64. The van der Waals surface area contributed by atoms with E-state index in [4.69, 9.17) is 0 Å². The minimum absolute atomic E-state index is 0.0382. The Labute approximate surface area is 157 Å². The molecular weight excluding hydrogens is 324 g/mol. The molecule has 0 unspecified atom stereocenters. The number of likely N-dealkylation sites (tertiary alicyclic amines) is 2. The van der Waals surface area contributed by atoms with Gasteiger partial charge in [-0.1, -0.05) is 45.0 Å². The second-order valence-corrected chi connectivity index (χ2v) is 9.64. The van der Waals surface area contributed by atoms with Gasteiger partial charge in [0, 0.05) is 31.1 Å². The molecule has 2 saturated heterocycles. The molecule has 1 aliphatic carbocycles. The summed E-state index contributed by atoms with van der Waals surface area (Å²) in [5.41, 5.74) is 2.40. The van der Waals surface area contributed by atoms with Crippen molar-refractivity contribution in [2.24, 2.45) is 5.41 Å². The van der Waals surface area contributed by atoms with Crippen LogP contribution in [-0.4, -0.2) is 52.2 Å². The highest BCUT2D eigenvalue weighted by molar-refractivity contribution is 5.75. The van der Waals surface area contributed by atoms with Crippen molar-refractivity contribution in [2.75, 3.05) is 19.6 Å². The highest BCUT2D eigenvalue weighted by Gasteiger charge is 2.57. The number of hydrogen-bond acceptors (Lipinski definition) is 2. The summed E-state index contributed by atoms with van der Waals surface area (Å²) in [5.74, 6) is 0. The van der Waals surface area contributed by atoms with Crippen LogP contribution in [0.3, 0.4) is 0 Å². The van der Waals surface area contributed by atoms with Crippen LogP contribution < -0.4 is 0 Å². The van der Waals surface area contributed by atoms with Crippen LogP contribution in [0.2, 0.25) is 0 Å². The van der Waals surface area contributed by atoms with Gasteiger partial charge in [0.15, 0.2) is 0 Å². The molecule has 0 saturated carbocycles. The van der Waals surface area contributed by atoms with Gasteiger partial charge < -0.3 is 14.9 Å². The lowest BCUT2D eigenvalue weighted by Crippen LogP contribution is -2.66. The van der Waals surface area contributed by atoms with Gasteiger partial charge >= 0.3 is 6.03 Å². The van der Waals surface area contributed by atoms with E-state index in [1.54, 1.807) is 0 Å². The first-order chi connectivity index (χ1) is 12.2. The topological polar surface area (TPSA) is 43.8 Å². The number of rotatable bonds is 0. The molecule has 2 fully saturated rings. The fourth-order valence-corrected chi connectivity index (χ4v) is 5.46. The third-order valence-electron chi connectivity index (χ3n) is 7.87. The lowest BCUT2D eigenvalue weighted by molar-refractivity contribution is -0.0352. The maximum Gasteiger partial charge on any atom is 0.320 e. The highest BCUT2D eigenvalue weighted by Crippen LogP contribution is 2.56. The lowest BCUT2D eigenvalue weighted by Gasteiger charge is -2.61. The Morgan fingerprint density at radius 1 is 1.04 bits per heavy atom. The van der Waals surface area contributed by atoms with Crippen molar-refractivity contribution in [1.82, 2.24) is 9.80 Å². The molecule has 1 aromatic carbocycles. The molecule has 4 heteroatoms. The number of fused-ring (bicyclic) bond motifs is 4. The number of urea groups is 1. The van der Waals surface area contributed by atoms with Gasteiger partial charge in [-0.25, -0.2) is 4.79 Å². The molecule has 0 aromatic heterocycles. The van der Waals surface area contributed by atoms with Crippen LogP contribution in [0.1, 0.15) is 58.1 Å². The van der Waals surface area contributed by atoms with Crippen LogP contribution in [0.15, 0.2) is 24.3 Å². The van der Waals surface area contributed by atoms with Crippen molar-refractivity contribution in [3.63, 3.8) is 0 Å². The summed E-state index contributed by atoms with van der Waals surface area (Å²) in [4.78, 5) is 17.4. The Kier molecular flexibility index (Phi) is 3.93. The highest BCUT2D eigenvalue weighted by atomic mass is 16.3. The average molecular weight is 357 g/mol. The summed E-state index contributed by atoms with van der Waals surface area (Å²) in [6.07, 6.45) is 3.28. The van der Waals surface area contributed by atoms with E-state index in [9.17, 15) is 9.90 Å². The minimum atomic E-state index is -0.625. The molecule has 2 bridgehead atoms. The number of carbonyl (C=O) groups excluding carboxylic acids is 1. The largest absolute Gasteiger partial charge is 0.390 e.